The van der Waals surface area contributed by atoms with Gasteiger partial charge in [-0.3, -0.25) is 4.79 Å². The molecule has 0 spiro atoms. The lowest BCUT2D eigenvalue weighted by atomic mass is 10.1. The second-order valence-electron chi connectivity index (χ2n) is 3.68. The molecule has 8 heteroatoms. The Labute approximate surface area is 113 Å². The fraction of sp³-hybridized carbons (Fsp3) is 0.417. The van der Waals surface area contributed by atoms with Gasteiger partial charge in [0.15, 0.2) is 11.5 Å². The van der Waals surface area contributed by atoms with Crippen LogP contribution < -0.4 is 19.5 Å². The smallest absolute Gasteiger partial charge is 0.405 e. The zero-order valence-corrected chi connectivity index (χ0v) is 11.1. The average molecular weight is 293 g/mol. The number of alkyl halides is 3. The van der Waals surface area contributed by atoms with E-state index < -0.39 is 18.6 Å². The second-order valence-corrected chi connectivity index (χ2v) is 3.68. The summed E-state index contributed by atoms with van der Waals surface area (Å²) in [5.74, 6) is -0.474. The fourth-order valence-electron chi connectivity index (χ4n) is 1.56. The lowest BCUT2D eigenvalue weighted by Gasteiger charge is -2.15. The van der Waals surface area contributed by atoms with Crippen LogP contribution in [0.1, 0.15) is 10.4 Å². The molecule has 0 fully saturated rings. The van der Waals surface area contributed by atoms with Crippen molar-refractivity contribution in [1.82, 2.24) is 5.32 Å². The van der Waals surface area contributed by atoms with Crippen molar-refractivity contribution in [3.05, 3.63) is 17.7 Å². The van der Waals surface area contributed by atoms with Crippen molar-refractivity contribution in [2.75, 3.05) is 27.9 Å². The molecule has 1 amide bonds. The minimum atomic E-state index is -4.49. The van der Waals surface area contributed by atoms with E-state index in [1.54, 1.807) is 5.32 Å². The molecule has 0 atom stereocenters. The topological polar surface area (TPSA) is 56.8 Å². The van der Waals surface area contributed by atoms with Crippen molar-refractivity contribution in [3.63, 3.8) is 0 Å². The van der Waals surface area contributed by atoms with E-state index in [4.69, 9.17) is 14.2 Å². The van der Waals surface area contributed by atoms with Crippen molar-refractivity contribution in [3.8, 4) is 17.2 Å². The first kappa shape index (κ1) is 15.9. The second kappa shape index (κ2) is 6.36. The number of nitrogens with one attached hydrogen (secondary N) is 1. The normalized spacial score (nSPS) is 10.9. The van der Waals surface area contributed by atoms with Crippen molar-refractivity contribution in [1.29, 1.82) is 0 Å². The number of benzene rings is 1. The standard InChI is InChI=1S/C12H14F3NO4/c1-18-8-5-4-7(9(19-2)10(8)20-3)11(17)16-6-12(13,14)15/h4-5H,6H2,1-3H3,(H,16,17). The summed E-state index contributed by atoms with van der Waals surface area (Å²) in [5, 5.41) is 1.76. The van der Waals surface area contributed by atoms with E-state index in [1.807, 2.05) is 0 Å². The summed E-state index contributed by atoms with van der Waals surface area (Å²) in [6.45, 7) is -1.43. The lowest BCUT2D eigenvalue weighted by molar-refractivity contribution is -0.123. The van der Waals surface area contributed by atoms with E-state index in [2.05, 4.69) is 0 Å². The molecule has 0 aliphatic carbocycles. The Balaban J connectivity index is 3.09. The van der Waals surface area contributed by atoms with Crippen LogP contribution in [0.15, 0.2) is 12.1 Å². The first-order valence-corrected chi connectivity index (χ1v) is 5.48. The van der Waals surface area contributed by atoms with Crippen molar-refractivity contribution in [2.24, 2.45) is 0 Å². The molecule has 0 saturated heterocycles. The van der Waals surface area contributed by atoms with Gasteiger partial charge in [-0.1, -0.05) is 0 Å². The third-order valence-corrected chi connectivity index (χ3v) is 2.40. The van der Waals surface area contributed by atoms with E-state index in [0.717, 1.165) is 0 Å². The summed E-state index contributed by atoms with van der Waals surface area (Å²) in [6, 6.07) is 2.70. The lowest BCUT2D eigenvalue weighted by Crippen LogP contribution is -2.33. The van der Waals surface area contributed by atoms with Crippen molar-refractivity contribution < 1.29 is 32.2 Å². The molecule has 0 aliphatic heterocycles. The summed E-state index contributed by atoms with van der Waals surface area (Å²) in [4.78, 5) is 11.8. The number of halogens is 3. The van der Waals surface area contributed by atoms with Gasteiger partial charge < -0.3 is 19.5 Å². The third-order valence-electron chi connectivity index (χ3n) is 2.40. The number of carbonyl (C=O) groups excluding carboxylic acids is 1. The van der Waals surface area contributed by atoms with Crippen LogP contribution in [0.4, 0.5) is 13.2 Å². The maximum absolute atomic E-state index is 12.1. The Morgan fingerprint density at radius 2 is 1.70 bits per heavy atom. The number of rotatable bonds is 5. The highest BCUT2D eigenvalue weighted by atomic mass is 19.4. The van der Waals surface area contributed by atoms with Crippen LogP contribution in [0, 0.1) is 0 Å². The van der Waals surface area contributed by atoms with Crippen LogP contribution in [-0.4, -0.2) is 40.0 Å². The van der Waals surface area contributed by atoms with Gasteiger partial charge in [-0.15, -0.1) is 0 Å². The Bertz CT molecular complexity index is 488. The SMILES string of the molecule is COc1ccc(C(=O)NCC(F)(F)F)c(OC)c1OC. The third kappa shape index (κ3) is 3.69. The number of hydrogen-bond acceptors (Lipinski definition) is 4. The molecule has 0 radical (unpaired) electrons. The summed E-state index contributed by atoms with van der Waals surface area (Å²) in [5.41, 5.74) is -0.0746. The van der Waals surface area contributed by atoms with Gasteiger partial charge in [0.2, 0.25) is 5.75 Å². The molecule has 1 aromatic carbocycles. The maximum Gasteiger partial charge on any atom is 0.405 e. The first-order valence-electron chi connectivity index (χ1n) is 5.48. The molecule has 112 valence electrons. The number of methoxy groups -OCH3 is 3. The van der Waals surface area contributed by atoms with Crippen LogP contribution in [-0.2, 0) is 0 Å². The molecular formula is C12H14F3NO4. The van der Waals surface area contributed by atoms with Crippen LogP contribution in [0.25, 0.3) is 0 Å². The maximum atomic E-state index is 12.1. The average Bonchev–Trinajstić information content (AvgIpc) is 2.41. The molecule has 20 heavy (non-hydrogen) atoms. The Kier molecular flexibility index (Phi) is 5.06. The summed E-state index contributed by atoms with van der Waals surface area (Å²) < 4.78 is 51.3. The zero-order valence-electron chi connectivity index (χ0n) is 11.1. The quantitative estimate of drug-likeness (QED) is 0.902. The molecule has 0 aromatic heterocycles. The minimum absolute atomic E-state index is 0.00604. The van der Waals surface area contributed by atoms with E-state index in [9.17, 15) is 18.0 Å². The zero-order chi connectivity index (χ0) is 15.3. The molecule has 0 heterocycles. The highest BCUT2D eigenvalue weighted by molar-refractivity contribution is 5.98. The van der Waals surface area contributed by atoms with Crippen molar-refractivity contribution in [2.45, 2.75) is 6.18 Å². The minimum Gasteiger partial charge on any atom is -0.493 e. The molecule has 1 rings (SSSR count). The van der Waals surface area contributed by atoms with Gasteiger partial charge in [-0.25, -0.2) is 0 Å². The molecular weight excluding hydrogens is 279 g/mol. The molecule has 1 N–H and O–H groups in total. The largest absolute Gasteiger partial charge is 0.493 e. The summed E-state index contributed by atoms with van der Waals surface area (Å²) >= 11 is 0. The van der Waals surface area contributed by atoms with Gasteiger partial charge in [-0.2, -0.15) is 13.2 Å². The van der Waals surface area contributed by atoms with Crippen LogP contribution in [0.2, 0.25) is 0 Å². The molecule has 0 unspecified atom stereocenters. The number of hydrogen-bond donors (Lipinski definition) is 1. The predicted octanol–water partition coefficient (Wildman–Crippen LogP) is 2.00. The highest BCUT2D eigenvalue weighted by Crippen LogP contribution is 2.39. The van der Waals surface area contributed by atoms with Crippen LogP contribution in [0.3, 0.4) is 0 Å². The summed E-state index contributed by atoms with van der Waals surface area (Å²) in [7, 11) is 4.00. The van der Waals surface area contributed by atoms with E-state index in [-0.39, 0.29) is 17.1 Å². The van der Waals surface area contributed by atoms with Gasteiger partial charge in [0.25, 0.3) is 5.91 Å². The van der Waals surface area contributed by atoms with Crippen LogP contribution >= 0.6 is 0 Å². The molecule has 5 nitrogen and oxygen atoms in total. The fourth-order valence-corrected chi connectivity index (χ4v) is 1.56. The Morgan fingerprint density at radius 3 is 2.15 bits per heavy atom. The molecule has 1 aromatic rings. The Morgan fingerprint density at radius 1 is 1.10 bits per heavy atom. The van der Waals surface area contributed by atoms with E-state index in [1.165, 1.54) is 33.5 Å². The highest BCUT2D eigenvalue weighted by Gasteiger charge is 2.29. The molecule has 0 saturated carbocycles. The van der Waals surface area contributed by atoms with Crippen molar-refractivity contribution >= 4 is 5.91 Å². The predicted molar refractivity (Wildman–Crippen MR) is 64.5 cm³/mol. The molecule has 0 bridgehead atoms. The summed E-state index contributed by atoms with van der Waals surface area (Å²) in [6.07, 6.45) is -4.49. The number of amides is 1. The van der Waals surface area contributed by atoms with Gasteiger partial charge in [0.1, 0.15) is 6.54 Å². The number of ether oxygens (including phenoxy) is 3. The van der Waals surface area contributed by atoms with Crippen LogP contribution in [0.5, 0.6) is 17.2 Å². The van der Waals surface area contributed by atoms with Gasteiger partial charge >= 0.3 is 6.18 Å². The first-order chi connectivity index (χ1) is 9.34. The number of carbonyl (C=O) groups is 1. The van der Waals surface area contributed by atoms with Gasteiger partial charge in [-0.05, 0) is 12.1 Å². The van der Waals surface area contributed by atoms with Gasteiger partial charge in [0.05, 0.1) is 26.9 Å². The van der Waals surface area contributed by atoms with E-state index in [0.29, 0.717) is 5.75 Å². The Hall–Kier alpha value is -2.12. The van der Waals surface area contributed by atoms with Gasteiger partial charge in [0, 0.05) is 0 Å². The molecule has 0 aliphatic rings. The monoisotopic (exact) mass is 293 g/mol. The van der Waals surface area contributed by atoms with E-state index >= 15 is 0 Å².